The molecule has 0 aliphatic carbocycles. The van der Waals surface area contributed by atoms with Crippen LogP contribution in [0.5, 0.6) is 11.5 Å². The number of rotatable bonds is 2. The molecule has 76 valence electrons. The summed E-state index contributed by atoms with van der Waals surface area (Å²) >= 11 is 0. The third-order valence-electron chi connectivity index (χ3n) is 2.27. The third kappa shape index (κ3) is 1.82. The molecule has 0 fully saturated rings. The number of aliphatic hydroxyl groups excluding tert-OH is 1. The molecule has 0 spiro atoms. The summed E-state index contributed by atoms with van der Waals surface area (Å²) in [6.07, 6.45) is 0.599. The van der Waals surface area contributed by atoms with Gasteiger partial charge in [0.1, 0.15) is 12.7 Å². The first kappa shape index (κ1) is 9.34. The molecule has 1 aromatic rings. The van der Waals surface area contributed by atoms with Gasteiger partial charge in [-0.25, -0.2) is 0 Å². The standard InChI is InChI=1S/C11H14O3/c1-8-2-3-10-11(6-8)14-9(4-5-12)7-13-10/h2-3,6,9,12H,4-5,7H2,1H3. The van der Waals surface area contributed by atoms with E-state index >= 15 is 0 Å². The quantitative estimate of drug-likeness (QED) is 0.775. The van der Waals surface area contributed by atoms with E-state index in [0.29, 0.717) is 13.0 Å². The summed E-state index contributed by atoms with van der Waals surface area (Å²) in [7, 11) is 0. The Bertz CT molecular complexity index is 322. The summed E-state index contributed by atoms with van der Waals surface area (Å²) in [6.45, 7) is 2.67. The predicted octanol–water partition coefficient (Wildman–Crippen LogP) is 1.52. The van der Waals surface area contributed by atoms with Crippen molar-refractivity contribution in [3.8, 4) is 11.5 Å². The summed E-state index contributed by atoms with van der Waals surface area (Å²) in [5.41, 5.74) is 1.15. The van der Waals surface area contributed by atoms with Gasteiger partial charge in [0.05, 0.1) is 0 Å². The monoisotopic (exact) mass is 194 g/mol. The number of fused-ring (bicyclic) bond motifs is 1. The van der Waals surface area contributed by atoms with Crippen molar-refractivity contribution in [2.45, 2.75) is 19.4 Å². The number of aryl methyl sites for hydroxylation is 1. The lowest BCUT2D eigenvalue weighted by molar-refractivity contribution is 0.0703. The molecule has 1 N–H and O–H groups in total. The molecule has 1 heterocycles. The average molecular weight is 194 g/mol. The maximum atomic E-state index is 8.79. The van der Waals surface area contributed by atoms with E-state index < -0.39 is 0 Å². The van der Waals surface area contributed by atoms with E-state index in [9.17, 15) is 0 Å². The van der Waals surface area contributed by atoms with Crippen molar-refractivity contribution in [2.24, 2.45) is 0 Å². The van der Waals surface area contributed by atoms with Crippen molar-refractivity contribution in [2.75, 3.05) is 13.2 Å². The summed E-state index contributed by atoms with van der Waals surface area (Å²) in [5, 5.41) is 8.79. The highest BCUT2D eigenvalue weighted by molar-refractivity contribution is 5.43. The van der Waals surface area contributed by atoms with Gasteiger partial charge >= 0.3 is 0 Å². The Labute approximate surface area is 83.3 Å². The zero-order chi connectivity index (χ0) is 9.97. The molecule has 3 heteroatoms. The molecule has 1 aliphatic rings. The molecular formula is C11H14O3. The Balaban J connectivity index is 2.16. The Kier molecular flexibility index (Phi) is 2.59. The van der Waals surface area contributed by atoms with Gasteiger partial charge in [0.15, 0.2) is 11.5 Å². The van der Waals surface area contributed by atoms with Crippen molar-refractivity contribution >= 4 is 0 Å². The van der Waals surface area contributed by atoms with Gasteiger partial charge in [-0.1, -0.05) is 6.07 Å². The molecular weight excluding hydrogens is 180 g/mol. The lowest BCUT2D eigenvalue weighted by Crippen LogP contribution is -2.29. The van der Waals surface area contributed by atoms with Crippen LogP contribution in [0.2, 0.25) is 0 Å². The van der Waals surface area contributed by atoms with E-state index in [-0.39, 0.29) is 12.7 Å². The highest BCUT2D eigenvalue weighted by Gasteiger charge is 2.20. The first-order valence-electron chi connectivity index (χ1n) is 4.80. The lowest BCUT2D eigenvalue weighted by atomic mass is 10.2. The van der Waals surface area contributed by atoms with Crippen molar-refractivity contribution in [3.63, 3.8) is 0 Å². The van der Waals surface area contributed by atoms with Gasteiger partial charge in [-0.05, 0) is 24.6 Å². The van der Waals surface area contributed by atoms with Gasteiger partial charge in [0.25, 0.3) is 0 Å². The Morgan fingerprint density at radius 3 is 3.07 bits per heavy atom. The fourth-order valence-corrected chi connectivity index (χ4v) is 1.51. The van der Waals surface area contributed by atoms with Crippen LogP contribution < -0.4 is 9.47 Å². The molecule has 1 atom stereocenters. The summed E-state index contributed by atoms with van der Waals surface area (Å²) in [5.74, 6) is 1.58. The van der Waals surface area contributed by atoms with Crippen LogP contribution in [-0.2, 0) is 0 Å². The largest absolute Gasteiger partial charge is 0.486 e. The molecule has 3 nitrogen and oxygen atoms in total. The normalized spacial score (nSPS) is 19.4. The maximum Gasteiger partial charge on any atom is 0.162 e. The smallest absolute Gasteiger partial charge is 0.162 e. The van der Waals surface area contributed by atoms with Gasteiger partial charge < -0.3 is 14.6 Å². The second-order valence-corrected chi connectivity index (χ2v) is 3.51. The summed E-state index contributed by atoms with van der Waals surface area (Å²) in [6, 6.07) is 5.87. The molecule has 1 aliphatic heterocycles. The first-order valence-corrected chi connectivity index (χ1v) is 4.80. The van der Waals surface area contributed by atoms with Crippen LogP contribution >= 0.6 is 0 Å². The maximum absolute atomic E-state index is 8.79. The molecule has 1 unspecified atom stereocenters. The summed E-state index contributed by atoms with van der Waals surface area (Å²) < 4.78 is 11.2. The molecule has 0 amide bonds. The van der Waals surface area contributed by atoms with E-state index in [1.807, 2.05) is 25.1 Å². The zero-order valence-electron chi connectivity index (χ0n) is 8.19. The average Bonchev–Trinajstić information content (AvgIpc) is 2.17. The van der Waals surface area contributed by atoms with E-state index in [1.54, 1.807) is 0 Å². The number of hydrogen-bond acceptors (Lipinski definition) is 3. The zero-order valence-corrected chi connectivity index (χ0v) is 8.19. The van der Waals surface area contributed by atoms with Crippen LogP contribution in [0.25, 0.3) is 0 Å². The van der Waals surface area contributed by atoms with Crippen LogP contribution in [0.15, 0.2) is 18.2 Å². The lowest BCUT2D eigenvalue weighted by Gasteiger charge is -2.26. The van der Waals surface area contributed by atoms with E-state index in [4.69, 9.17) is 14.6 Å². The highest BCUT2D eigenvalue weighted by Crippen LogP contribution is 2.32. The minimum atomic E-state index is -0.0192. The van der Waals surface area contributed by atoms with Crippen LogP contribution in [-0.4, -0.2) is 24.4 Å². The molecule has 0 saturated carbocycles. The molecule has 0 bridgehead atoms. The van der Waals surface area contributed by atoms with Crippen LogP contribution in [0, 0.1) is 6.92 Å². The molecule has 0 saturated heterocycles. The molecule has 0 aromatic heterocycles. The fraction of sp³-hybridized carbons (Fsp3) is 0.455. The summed E-state index contributed by atoms with van der Waals surface area (Å²) in [4.78, 5) is 0. The Hall–Kier alpha value is -1.22. The molecule has 14 heavy (non-hydrogen) atoms. The first-order chi connectivity index (χ1) is 6.79. The number of benzene rings is 1. The Morgan fingerprint density at radius 2 is 2.29 bits per heavy atom. The van der Waals surface area contributed by atoms with Crippen molar-refractivity contribution in [3.05, 3.63) is 23.8 Å². The van der Waals surface area contributed by atoms with Gasteiger partial charge in [0, 0.05) is 13.0 Å². The van der Waals surface area contributed by atoms with Gasteiger partial charge in [0.2, 0.25) is 0 Å². The van der Waals surface area contributed by atoms with E-state index in [0.717, 1.165) is 17.1 Å². The molecule has 0 radical (unpaired) electrons. The van der Waals surface area contributed by atoms with Crippen molar-refractivity contribution in [1.82, 2.24) is 0 Å². The van der Waals surface area contributed by atoms with E-state index in [1.165, 1.54) is 0 Å². The van der Waals surface area contributed by atoms with Crippen molar-refractivity contribution in [1.29, 1.82) is 0 Å². The van der Waals surface area contributed by atoms with Crippen LogP contribution in [0.3, 0.4) is 0 Å². The van der Waals surface area contributed by atoms with Crippen molar-refractivity contribution < 1.29 is 14.6 Å². The Morgan fingerprint density at radius 1 is 1.43 bits per heavy atom. The minimum absolute atomic E-state index is 0.0192. The van der Waals surface area contributed by atoms with Gasteiger partial charge in [-0.3, -0.25) is 0 Å². The van der Waals surface area contributed by atoms with Crippen LogP contribution in [0.1, 0.15) is 12.0 Å². The second-order valence-electron chi connectivity index (χ2n) is 3.51. The predicted molar refractivity (Wildman–Crippen MR) is 52.8 cm³/mol. The minimum Gasteiger partial charge on any atom is -0.486 e. The van der Waals surface area contributed by atoms with E-state index in [2.05, 4.69) is 0 Å². The SMILES string of the molecule is Cc1ccc2c(c1)OC(CCO)CO2. The number of hydrogen-bond donors (Lipinski definition) is 1. The molecule has 2 rings (SSSR count). The molecule has 1 aromatic carbocycles. The topological polar surface area (TPSA) is 38.7 Å². The van der Waals surface area contributed by atoms with Gasteiger partial charge in [-0.2, -0.15) is 0 Å². The van der Waals surface area contributed by atoms with Gasteiger partial charge in [-0.15, -0.1) is 0 Å². The number of ether oxygens (including phenoxy) is 2. The highest BCUT2D eigenvalue weighted by atomic mass is 16.6. The number of aliphatic hydroxyl groups is 1. The van der Waals surface area contributed by atoms with Crippen LogP contribution in [0.4, 0.5) is 0 Å². The fourth-order valence-electron chi connectivity index (χ4n) is 1.51. The third-order valence-corrected chi connectivity index (χ3v) is 2.27. The second kappa shape index (κ2) is 3.88.